The molecular formula is C21H18N2O6. The fraction of sp³-hybridized carbons (Fsp3) is 0.143. The molecule has 0 aliphatic carbocycles. The lowest BCUT2D eigenvalue weighted by Gasteiger charge is -2.24. The molecule has 0 unspecified atom stereocenters. The Hall–Kier alpha value is -3.94. The summed E-state index contributed by atoms with van der Waals surface area (Å²) in [5, 5.41) is 2.10. The number of nitrogens with one attached hydrogen (secondary N) is 1. The summed E-state index contributed by atoms with van der Waals surface area (Å²) in [4.78, 5) is 49.0. The van der Waals surface area contributed by atoms with Gasteiger partial charge in [-0.3, -0.25) is 19.8 Å². The molecule has 3 rings (SSSR count). The number of urea groups is 1. The van der Waals surface area contributed by atoms with E-state index < -0.39 is 23.8 Å². The summed E-state index contributed by atoms with van der Waals surface area (Å²) < 4.78 is 10.7. The molecule has 1 fully saturated rings. The zero-order valence-corrected chi connectivity index (χ0v) is 15.6. The van der Waals surface area contributed by atoms with Gasteiger partial charge >= 0.3 is 12.0 Å². The number of hydrogen-bond acceptors (Lipinski definition) is 6. The number of esters is 1. The van der Waals surface area contributed by atoms with Gasteiger partial charge in [-0.15, -0.1) is 6.58 Å². The van der Waals surface area contributed by atoms with Gasteiger partial charge in [-0.1, -0.05) is 18.2 Å². The lowest BCUT2D eigenvalue weighted by molar-refractivity contribution is -0.129. The van der Waals surface area contributed by atoms with E-state index in [1.165, 1.54) is 12.2 Å². The minimum absolute atomic E-state index is 0.0284. The molecule has 2 heterocycles. The molecule has 0 atom stereocenters. The number of nitrogens with zero attached hydrogens (tertiary/aromatic N) is 1. The van der Waals surface area contributed by atoms with Crippen LogP contribution in [0.3, 0.4) is 0 Å². The highest BCUT2D eigenvalue weighted by Crippen LogP contribution is 2.25. The SMILES string of the molecule is C=CCN1C(=O)NC(=O)C(=Cc2ccc(-c3cccc(C(=O)OCC)c3)o2)C1=O. The highest BCUT2D eigenvalue weighted by Gasteiger charge is 2.35. The maximum absolute atomic E-state index is 12.4. The van der Waals surface area contributed by atoms with E-state index in [4.69, 9.17) is 9.15 Å². The number of rotatable bonds is 6. The number of imide groups is 2. The molecular weight excluding hydrogens is 376 g/mol. The lowest BCUT2D eigenvalue weighted by atomic mass is 10.1. The van der Waals surface area contributed by atoms with Gasteiger partial charge in [0.1, 0.15) is 17.1 Å². The van der Waals surface area contributed by atoms with E-state index in [1.54, 1.807) is 43.3 Å². The van der Waals surface area contributed by atoms with Crippen LogP contribution in [0.25, 0.3) is 17.4 Å². The van der Waals surface area contributed by atoms with Crippen molar-refractivity contribution in [3.63, 3.8) is 0 Å². The van der Waals surface area contributed by atoms with E-state index in [1.807, 2.05) is 0 Å². The second-order valence-corrected chi connectivity index (χ2v) is 6.03. The van der Waals surface area contributed by atoms with Crippen LogP contribution in [0.1, 0.15) is 23.0 Å². The van der Waals surface area contributed by atoms with Crippen molar-refractivity contribution in [2.45, 2.75) is 6.92 Å². The van der Waals surface area contributed by atoms with Crippen molar-refractivity contribution in [3.8, 4) is 11.3 Å². The molecule has 8 nitrogen and oxygen atoms in total. The first-order chi connectivity index (χ1) is 13.9. The number of carbonyl (C=O) groups is 4. The van der Waals surface area contributed by atoms with Crippen LogP contribution >= 0.6 is 0 Å². The molecule has 1 saturated heterocycles. The quantitative estimate of drug-likeness (QED) is 0.350. The predicted molar refractivity (Wildman–Crippen MR) is 104 cm³/mol. The minimum Gasteiger partial charge on any atom is -0.462 e. The van der Waals surface area contributed by atoms with E-state index in [-0.39, 0.29) is 24.5 Å². The van der Waals surface area contributed by atoms with Crippen molar-refractivity contribution >= 4 is 29.9 Å². The van der Waals surface area contributed by atoms with E-state index in [0.29, 0.717) is 16.9 Å². The van der Waals surface area contributed by atoms with E-state index in [0.717, 1.165) is 4.90 Å². The van der Waals surface area contributed by atoms with Crippen LogP contribution in [0.15, 0.2) is 59.0 Å². The monoisotopic (exact) mass is 394 g/mol. The summed E-state index contributed by atoms with van der Waals surface area (Å²) in [6, 6.07) is 9.12. The smallest absolute Gasteiger partial charge is 0.338 e. The van der Waals surface area contributed by atoms with Crippen molar-refractivity contribution < 1.29 is 28.3 Å². The number of amides is 4. The van der Waals surface area contributed by atoms with Crippen LogP contribution < -0.4 is 5.32 Å². The summed E-state index contributed by atoms with van der Waals surface area (Å²) in [6.45, 7) is 5.45. The molecule has 148 valence electrons. The highest BCUT2D eigenvalue weighted by atomic mass is 16.5. The van der Waals surface area contributed by atoms with E-state index in [2.05, 4.69) is 11.9 Å². The fourth-order valence-corrected chi connectivity index (χ4v) is 2.73. The Bertz CT molecular complexity index is 1030. The number of furan rings is 1. The van der Waals surface area contributed by atoms with Crippen molar-refractivity contribution in [3.05, 3.63) is 65.9 Å². The molecule has 0 radical (unpaired) electrons. The van der Waals surface area contributed by atoms with Crippen molar-refractivity contribution in [2.75, 3.05) is 13.2 Å². The second kappa shape index (κ2) is 8.39. The van der Waals surface area contributed by atoms with E-state index >= 15 is 0 Å². The first-order valence-electron chi connectivity index (χ1n) is 8.81. The van der Waals surface area contributed by atoms with Gasteiger partial charge in [-0.05, 0) is 37.3 Å². The third-order valence-corrected chi connectivity index (χ3v) is 4.07. The summed E-state index contributed by atoms with van der Waals surface area (Å²) in [5.74, 6) is -1.30. The molecule has 0 saturated carbocycles. The van der Waals surface area contributed by atoms with Gasteiger partial charge in [0.05, 0.1) is 12.2 Å². The highest BCUT2D eigenvalue weighted by molar-refractivity contribution is 6.30. The zero-order valence-electron chi connectivity index (χ0n) is 15.6. The third kappa shape index (κ3) is 4.16. The van der Waals surface area contributed by atoms with Crippen LogP contribution in [-0.2, 0) is 14.3 Å². The van der Waals surface area contributed by atoms with E-state index in [9.17, 15) is 19.2 Å². The molecule has 1 aromatic heterocycles. The van der Waals surface area contributed by atoms with Crippen molar-refractivity contribution in [1.29, 1.82) is 0 Å². The Kier molecular flexibility index (Phi) is 5.73. The van der Waals surface area contributed by atoms with Gasteiger partial charge in [-0.2, -0.15) is 0 Å². The molecule has 4 amide bonds. The number of barbiturate groups is 1. The molecule has 0 spiro atoms. The minimum atomic E-state index is -0.803. The van der Waals surface area contributed by atoms with Crippen molar-refractivity contribution in [2.24, 2.45) is 0 Å². The molecule has 1 aliphatic rings. The molecule has 2 aromatic rings. The molecule has 1 aliphatic heterocycles. The van der Waals surface area contributed by atoms with Gasteiger partial charge in [-0.25, -0.2) is 9.59 Å². The Balaban J connectivity index is 1.88. The van der Waals surface area contributed by atoms with Gasteiger partial charge in [0.15, 0.2) is 0 Å². The summed E-state index contributed by atoms with van der Waals surface area (Å²) >= 11 is 0. The number of hydrogen-bond donors (Lipinski definition) is 1. The fourth-order valence-electron chi connectivity index (χ4n) is 2.73. The second-order valence-electron chi connectivity index (χ2n) is 6.03. The van der Waals surface area contributed by atoms with Crippen LogP contribution in [-0.4, -0.2) is 41.9 Å². The zero-order chi connectivity index (χ0) is 21.0. The Morgan fingerprint density at radius 1 is 1.24 bits per heavy atom. The first-order valence-corrected chi connectivity index (χ1v) is 8.81. The van der Waals surface area contributed by atoms with Gasteiger partial charge in [0.25, 0.3) is 11.8 Å². The Labute approximate surface area is 166 Å². The third-order valence-electron chi connectivity index (χ3n) is 4.07. The van der Waals surface area contributed by atoms with Crippen LogP contribution in [0, 0.1) is 0 Å². The Morgan fingerprint density at radius 2 is 2.03 bits per heavy atom. The predicted octanol–water partition coefficient (Wildman–Crippen LogP) is 2.77. The molecule has 1 aromatic carbocycles. The number of ether oxygens (including phenoxy) is 1. The molecule has 29 heavy (non-hydrogen) atoms. The van der Waals surface area contributed by atoms with Gasteiger partial charge < -0.3 is 9.15 Å². The standard InChI is InChI=1S/C21H18N2O6/c1-3-10-23-19(25)16(18(24)22-21(23)27)12-15-8-9-17(29-15)13-6-5-7-14(11-13)20(26)28-4-2/h3,5-9,11-12H,1,4,10H2,2H3,(H,22,24,27). The first kappa shape index (κ1) is 19.8. The maximum Gasteiger partial charge on any atom is 0.338 e. The molecule has 0 bridgehead atoms. The number of benzene rings is 1. The van der Waals surface area contributed by atoms with Gasteiger partial charge in [0, 0.05) is 12.1 Å². The van der Waals surface area contributed by atoms with Crippen molar-refractivity contribution in [1.82, 2.24) is 10.2 Å². The molecule has 8 heteroatoms. The van der Waals surface area contributed by atoms with Gasteiger partial charge in [0.2, 0.25) is 0 Å². The largest absolute Gasteiger partial charge is 0.462 e. The molecule has 1 N–H and O–H groups in total. The van der Waals surface area contributed by atoms with Crippen LogP contribution in [0.4, 0.5) is 4.79 Å². The maximum atomic E-state index is 12.4. The lowest BCUT2D eigenvalue weighted by Crippen LogP contribution is -2.54. The Morgan fingerprint density at radius 3 is 2.76 bits per heavy atom. The van der Waals surface area contributed by atoms with Crippen LogP contribution in [0.5, 0.6) is 0 Å². The summed E-state index contributed by atoms with van der Waals surface area (Å²) in [7, 11) is 0. The average Bonchev–Trinajstić information content (AvgIpc) is 3.17. The topological polar surface area (TPSA) is 106 Å². The summed E-state index contributed by atoms with van der Waals surface area (Å²) in [5.41, 5.74) is 0.775. The summed E-state index contributed by atoms with van der Waals surface area (Å²) in [6.07, 6.45) is 2.64. The average molecular weight is 394 g/mol. The number of carbonyl (C=O) groups excluding carboxylic acids is 4. The normalized spacial score (nSPS) is 15.4. The van der Waals surface area contributed by atoms with Crippen LogP contribution in [0.2, 0.25) is 0 Å².